The van der Waals surface area contributed by atoms with Crippen LogP contribution in [0.5, 0.6) is 0 Å². The van der Waals surface area contributed by atoms with Crippen LogP contribution in [0.1, 0.15) is 91.2 Å². The largest absolute Gasteiger partial charge is 0.368 e. The molecule has 3 aliphatic rings. The van der Waals surface area contributed by atoms with E-state index in [4.69, 9.17) is 69.6 Å². The first kappa shape index (κ1) is 45.5. The van der Waals surface area contributed by atoms with Crippen LogP contribution in [-0.4, -0.2) is 26.6 Å². The quantitative estimate of drug-likeness (QED) is 0.154. The number of rotatable bonds is 8. The van der Waals surface area contributed by atoms with Crippen LogP contribution >= 0.6 is 85.5 Å². The van der Waals surface area contributed by atoms with E-state index in [0.717, 1.165) is 53.7 Å². The molecule has 3 aliphatic carbocycles. The van der Waals surface area contributed by atoms with Crippen molar-refractivity contribution in [1.82, 2.24) is 19.6 Å². The summed E-state index contributed by atoms with van der Waals surface area (Å²) in [6.07, 6.45) is 8.59. The van der Waals surface area contributed by atoms with Gasteiger partial charge in [-0.3, -0.25) is 9.89 Å². The maximum atomic E-state index is 12.6. The molecule has 5 aromatic carbocycles. The summed E-state index contributed by atoms with van der Waals surface area (Å²) in [6, 6.07) is 34.5. The number of hydrogen-bond acceptors (Lipinski definition) is 4. The molecule has 2 aromatic heterocycles. The van der Waals surface area contributed by atoms with Crippen LogP contribution in [0.2, 0.25) is 30.1 Å². The lowest BCUT2D eigenvalue weighted by Crippen LogP contribution is -2.22. The minimum absolute atomic E-state index is 0.179. The van der Waals surface area contributed by atoms with Gasteiger partial charge in [0.1, 0.15) is 0 Å². The minimum atomic E-state index is -0.179. The standard InChI is InChI=1S/C22H20ClN5O.C11H13Cl.C9H8Cl2.C6H3BrCl2/c1-27(18-9-5-8-17(23)20(18)14-10-11-14)13-16-12-19(29)28-22(24-16)25-21(26-28)15-6-3-2-4-7-15;1-2-8-4-3-5-10(12)11(8)9-6-7-9;10-7-2-1-3-8(11)9(7)6-4-5-6;7-6-4(8)2-1-3-5(6)9/h2-9,12,14H,10-11,13H2,1H3,(H,24,25,26);3-5,9H,2,6-7H2,1H3;1-3,6H,4-5H2;1-3H. The highest BCUT2D eigenvalue weighted by molar-refractivity contribution is 9.10. The fraction of sp³-hybridized carbons (Fsp3) is 0.271. The zero-order valence-electron chi connectivity index (χ0n) is 33.6. The van der Waals surface area contributed by atoms with E-state index in [0.29, 0.717) is 45.7 Å². The predicted octanol–water partition coefficient (Wildman–Crippen LogP) is 15.7. The molecule has 0 spiro atoms. The zero-order valence-corrected chi connectivity index (χ0v) is 39.7. The van der Waals surface area contributed by atoms with E-state index in [9.17, 15) is 4.79 Å². The van der Waals surface area contributed by atoms with E-state index < -0.39 is 0 Å². The third-order valence-corrected chi connectivity index (χ3v) is 13.9. The molecule has 6 nitrogen and oxygen atoms in total. The van der Waals surface area contributed by atoms with Crippen molar-refractivity contribution in [3.63, 3.8) is 0 Å². The van der Waals surface area contributed by atoms with Crippen molar-refractivity contribution in [3.05, 3.63) is 182 Å². The molecule has 0 aliphatic heterocycles. The van der Waals surface area contributed by atoms with Crippen LogP contribution in [-0.2, 0) is 13.0 Å². The second kappa shape index (κ2) is 20.8. The average Bonchev–Trinajstić information content (AvgIpc) is 4.12. The Hall–Kier alpha value is -3.53. The molecule has 0 saturated heterocycles. The number of nitrogens with zero attached hydrogens (tertiary/aromatic N) is 4. The summed E-state index contributed by atoms with van der Waals surface area (Å²) in [6.45, 7) is 2.69. The zero-order chi connectivity index (χ0) is 43.2. The van der Waals surface area contributed by atoms with E-state index in [-0.39, 0.29) is 5.56 Å². The maximum absolute atomic E-state index is 12.6. The molecule has 2 heterocycles. The molecule has 7 aromatic rings. The second-order valence-electron chi connectivity index (χ2n) is 15.3. The number of anilines is 1. The van der Waals surface area contributed by atoms with Gasteiger partial charge in [-0.15, -0.1) is 0 Å². The Morgan fingerprint density at radius 3 is 1.69 bits per heavy atom. The molecular formula is C48H44BrCl6N5O. The van der Waals surface area contributed by atoms with E-state index >= 15 is 0 Å². The Kier molecular flexibility index (Phi) is 15.5. The summed E-state index contributed by atoms with van der Waals surface area (Å²) < 4.78 is 2.13. The number of halogens is 7. The molecule has 13 heteroatoms. The number of benzene rings is 5. The average molecular weight is 1000 g/mol. The van der Waals surface area contributed by atoms with Gasteiger partial charge in [0, 0.05) is 44.5 Å². The molecule has 0 amide bonds. The Bertz CT molecular complexity index is 2640. The highest BCUT2D eigenvalue weighted by Crippen LogP contribution is 2.48. The summed E-state index contributed by atoms with van der Waals surface area (Å²) in [7, 11) is 2.00. The van der Waals surface area contributed by atoms with E-state index in [1.165, 1.54) is 59.7 Å². The first-order valence-electron chi connectivity index (χ1n) is 20.3. The number of nitrogens with one attached hydrogen (secondary N) is 1. The van der Waals surface area contributed by atoms with Gasteiger partial charge >= 0.3 is 0 Å². The Balaban J connectivity index is 0.000000143. The monoisotopic (exact) mass is 995 g/mol. The predicted molar refractivity (Wildman–Crippen MR) is 260 cm³/mol. The third kappa shape index (κ3) is 11.7. The number of fused-ring (bicyclic) bond motifs is 1. The fourth-order valence-electron chi connectivity index (χ4n) is 7.17. The molecule has 3 saturated carbocycles. The van der Waals surface area contributed by atoms with Crippen molar-refractivity contribution >= 4 is 97.0 Å². The fourth-order valence-corrected chi connectivity index (χ4v) is 9.21. The molecule has 3 fully saturated rings. The van der Waals surface area contributed by atoms with Gasteiger partial charge in [-0.2, -0.15) is 9.50 Å². The Morgan fingerprint density at radius 2 is 1.13 bits per heavy atom. The van der Waals surface area contributed by atoms with Crippen molar-refractivity contribution < 1.29 is 0 Å². The molecule has 0 unspecified atom stereocenters. The van der Waals surface area contributed by atoms with E-state index in [1.54, 1.807) is 24.3 Å². The first-order chi connectivity index (χ1) is 29.4. The highest BCUT2D eigenvalue weighted by Gasteiger charge is 2.30. The SMILES string of the molecule is CCc1cccc(Cl)c1C1CC1.CN(Cc1cc(=O)n2[nH]c(-c3ccccc3)nc2n1)c1cccc(Cl)c1C1CC1.Clc1cccc(Cl)c1Br.Clc1cccc(Cl)c1C1CC1. The van der Waals surface area contributed by atoms with Crippen LogP contribution in [0.4, 0.5) is 5.69 Å². The summed E-state index contributed by atoms with van der Waals surface area (Å²) in [5.74, 6) is 2.92. The Morgan fingerprint density at radius 1 is 0.639 bits per heavy atom. The molecular weight excluding hydrogens is 955 g/mol. The number of H-pyrrole nitrogens is 1. The molecule has 316 valence electrons. The molecule has 0 atom stereocenters. The van der Waals surface area contributed by atoms with Gasteiger partial charge in [0.25, 0.3) is 11.3 Å². The minimum Gasteiger partial charge on any atom is -0.368 e. The van der Waals surface area contributed by atoms with Crippen LogP contribution in [0.15, 0.2) is 118 Å². The van der Waals surface area contributed by atoms with Gasteiger partial charge < -0.3 is 4.90 Å². The Labute approximate surface area is 395 Å². The summed E-state index contributed by atoms with van der Waals surface area (Å²) in [5.41, 5.74) is 7.69. The lowest BCUT2D eigenvalue weighted by molar-refractivity contribution is 0.836. The number of hydrogen-bond donors (Lipinski definition) is 1. The molecule has 0 radical (unpaired) electrons. The summed E-state index contributed by atoms with van der Waals surface area (Å²) in [4.78, 5) is 23.8. The normalized spacial score (nSPS) is 14.2. The van der Waals surface area contributed by atoms with Crippen molar-refractivity contribution in [3.8, 4) is 11.4 Å². The van der Waals surface area contributed by atoms with Crippen molar-refractivity contribution in [2.45, 2.75) is 76.2 Å². The summed E-state index contributed by atoms with van der Waals surface area (Å²) >= 11 is 39.1. The maximum Gasteiger partial charge on any atom is 0.274 e. The highest BCUT2D eigenvalue weighted by atomic mass is 79.9. The van der Waals surface area contributed by atoms with Crippen LogP contribution in [0.3, 0.4) is 0 Å². The van der Waals surface area contributed by atoms with Gasteiger partial charge in [-0.05, 0) is 143 Å². The van der Waals surface area contributed by atoms with Gasteiger partial charge in [0.2, 0.25) is 0 Å². The van der Waals surface area contributed by atoms with Gasteiger partial charge in [-0.1, -0.05) is 137 Å². The number of aryl methyl sites for hydroxylation is 1. The lowest BCUT2D eigenvalue weighted by Gasteiger charge is -2.23. The van der Waals surface area contributed by atoms with E-state index in [1.807, 2.05) is 79.8 Å². The lowest BCUT2D eigenvalue weighted by atomic mass is 10.0. The van der Waals surface area contributed by atoms with Crippen molar-refractivity contribution in [2.75, 3.05) is 11.9 Å². The van der Waals surface area contributed by atoms with Gasteiger partial charge in [0.15, 0.2) is 5.82 Å². The summed E-state index contributed by atoms with van der Waals surface area (Å²) in [5, 5.41) is 7.73. The first-order valence-corrected chi connectivity index (χ1v) is 23.3. The van der Waals surface area contributed by atoms with Gasteiger partial charge in [-0.25, -0.2) is 4.98 Å². The molecule has 0 bridgehead atoms. The number of aromatic amines is 1. The van der Waals surface area contributed by atoms with Crippen LogP contribution < -0.4 is 10.5 Å². The second-order valence-corrected chi connectivity index (χ2v) is 18.6. The van der Waals surface area contributed by atoms with E-state index in [2.05, 4.69) is 55.0 Å². The smallest absolute Gasteiger partial charge is 0.274 e. The molecule has 10 rings (SSSR count). The number of aromatic nitrogens is 4. The van der Waals surface area contributed by atoms with Gasteiger partial charge in [0.05, 0.1) is 26.8 Å². The molecule has 61 heavy (non-hydrogen) atoms. The van der Waals surface area contributed by atoms with Crippen LogP contribution in [0.25, 0.3) is 17.2 Å². The van der Waals surface area contributed by atoms with Crippen molar-refractivity contribution in [1.29, 1.82) is 0 Å². The third-order valence-electron chi connectivity index (χ3n) is 10.7. The molecule has 1 N–H and O–H groups in total. The topological polar surface area (TPSA) is 66.3 Å². The van der Waals surface area contributed by atoms with Crippen molar-refractivity contribution in [2.24, 2.45) is 0 Å². The van der Waals surface area contributed by atoms with Crippen LogP contribution in [0, 0.1) is 0 Å².